The minimum Gasteiger partial charge on any atom is -0.497 e. The molecule has 0 aliphatic carbocycles. The number of urea groups is 1. The van der Waals surface area contributed by atoms with E-state index in [1.807, 2.05) is 0 Å². The highest BCUT2D eigenvalue weighted by atomic mass is 16.5. The number of hydrogen-bond acceptors (Lipinski definition) is 6. The summed E-state index contributed by atoms with van der Waals surface area (Å²) in [6.07, 6.45) is 1.57. The molecule has 3 aromatic rings. The van der Waals surface area contributed by atoms with Crippen LogP contribution in [0.5, 0.6) is 11.6 Å². The number of amides is 2. The van der Waals surface area contributed by atoms with E-state index in [0.717, 1.165) is 0 Å². The molecule has 0 saturated carbocycles. The molecule has 0 fully saturated rings. The summed E-state index contributed by atoms with van der Waals surface area (Å²) in [5.41, 5.74) is 1.26. The summed E-state index contributed by atoms with van der Waals surface area (Å²) in [5.74, 6) is 1.68. The molecule has 0 aliphatic heterocycles. The molecule has 8 heteroatoms. The van der Waals surface area contributed by atoms with E-state index >= 15 is 0 Å². The average molecular weight is 354 g/mol. The molecule has 134 valence electrons. The standard InChI is InChI=1S/C18H18N4O4/c1-24-14-5-2-4-13(12-14)20-18(23)19-9-11-26-17-8-7-15(21-22-17)16-6-3-10-25-16/h2-8,10,12H,9,11H2,1H3,(H2,19,20,23). The number of aromatic nitrogens is 2. The number of anilines is 1. The van der Waals surface area contributed by atoms with E-state index < -0.39 is 0 Å². The van der Waals surface area contributed by atoms with Crippen molar-refractivity contribution in [2.75, 3.05) is 25.6 Å². The number of nitrogens with one attached hydrogen (secondary N) is 2. The molecule has 0 radical (unpaired) electrons. The molecule has 2 aromatic heterocycles. The number of carbonyl (C=O) groups excluding carboxylic acids is 1. The van der Waals surface area contributed by atoms with E-state index in [9.17, 15) is 4.79 Å². The van der Waals surface area contributed by atoms with Gasteiger partial charge < -0.3 is 24.5 Å². The third-order valence-electron chi connectivity index (χ3n) is 3.38. The van der Waals surface area contributed by atoms with Gasteiger partial charge in [0.05, 0.1) is 19.9 Å². The summed E-state index contributed by atoms with van der Waals surface area (Å²) in [7, 11) is 1.57. The highest BCUT2D eigenvalue weighted by molar-refractivity contribution is 5.89. The van der Waals surface area contributed by atoms with Gasteiger partial charge in [-0.05, 0) is 30.3 Å². The molecule has 2 N–H and O–H groups in total. The smallest absolute Gasteiger partial charge is 0.319 e. The van der Waals surface area contributed by atoms with Crippen LogP contribution in [0.25, 0.3) is 11.5 Å². The van der Waals surface area contributed by atoms with Gasteiger partial charge in [0.2, 0.25) is 5.88 Å². The van der Waals surface area contributed by atoms with Gasteiger partial charge in [-0.15, -0.1) is 10.2 Å². The van der Waals surface area contributed by atoms with Gasteiger partial charge in [0.25, 0.3) is 0 Å². The molecular weight excluding hydrogens is 336 g/mol. The normalized spacial score (nSPS) is 10.2. The lowest BCUT2D eigenvalue weighted by Crippen LogP contribution is -2.32. The van der Waals surface area contributed by atoms with Crippen LogP contribution < -0.4 is 20.1 Å². The Morgan fingerprint density at radius 2 is 2.08 bits per heavy atom. The van der Waals surface area contributed by atoms with Crippen LogP contribution in [0.2, 0.25) is 0 Å². The fraction of sp³-hybridized carbons (Fsp3) is 0.167. The van der Waals surface area contributed by atoms with Gasteiger partial charge in [0, 0.05) is 17.8 Å². The lowest BCUT2D eigenvalue weighted by Gasteiger charge is -2.09. The topological polar surface area (TPSA) is 98.5 Å². The zero-order valence-corrected chi connectivity index (χ0v) is 14.1. The number of rotatable bonds is 7. The maximum Gasteiger partial charge on any atom is 0.319 e. The third-order valence-corrected chi connectivity index (χ3v) is 3.38. The second-order valence-corrected chi connectivity index (χ2v) is 5.20. The number of benzene rings is 1. The quantitative estimate of drug-likeness (QED) is 0.633. The van der Waals surface area contributed by atoms with Crippen LogP contribution in [0.15, 0.2) is 59.2 Å². The number of methoxy groups -OCH3 is 1. The molecule has 3 rings (SSSR count). The highest BCUT2D eigenvalue weighted by Gasteiger charge is 2.05. The van der Waals surface area contributed by atoms with Gasteiger partial charge >= 0.3 is 6.03 Å². The summed E-state index contributed by atoms with van der Waals surface area (Å²) in [4.78, 5) is 11.8. The van der Waals surface area contributed by atoms with Crippen LogP contribution in [0, 0.1) is 0 Å². The van der Waals surface area contributed by atoms with Crippen molar-refractivity contribution in [2.24, 2.45) is 0 Å². The number of ether oxygens (including phenoxy) is 2. The zero-order valence-electron chi connectivity index (χ0n) is 14.1. The van der Waals surface area contributed by atoms with Gasteiger partial charge in [-0.2, -0.15) is 0 Å². The molecule has 2 amide bonds. The lowest BCUT2D eigenvalue weighted by molar-refractivity contribution is 0.246. The van der Waals surface area contributed by atoms with Crippen LogP contribution in [-0.2, 0) is 0 Å². The Morgan fingerprint density at radius 1 is 1.15 bits per heavy atom. The average Bonchev–Trinajstić information content (AvgIpc) is 3.21. The van der Waals surface area contributed by atoms with Gasteiger partial charge in [-0.1, -0.05) is 6.07 Å². The lowest BCUT2D eigenvalue weighted by atomic mass is 10.3. The molecule has 2 heterocycles. The van der Waals surface area contributed by atoms with Gasteiger partial charge in [0.15, 0.2) is 5.76 Å². The number of nitrogens with zero attached hydrogens (tertiary/aromatic N) is 2. The van der Waals surface area contributed by atoms with Gasteiger partial charge in [-0.3, -0.25) is 0 Å². The molecule has 0 aliphatic rings. The Morgan fingerprint density at radius 3 is 2.81 bits per heavy atom. The van der Waals surface area contributed by atoms with E-state index in [2.05, 4.69) is 20.8 Å². The Hall–Kier alpha value is -3.55. The molecule has 0 atom stereocenters. The van der Waals surface area contributed by atoms with E-state index in [1.165, 1.54) is 0 Å². The minimum absolute atomic E-state index is 0.264. The van der Waals surface area contributed by atoms with E-state index in [1.54, 1.807) is 61.9 Å². The molecule has 26 heavy (non-hydrogen) atoms. The van der Waals surface area contributed by atoms with Gasteiger partial charge in [-0.25, -0.2) is 4.79 Å². The predicted octanol–water partition coefficient (Wildman–Crippen LogP) is 2.95. The first kappa shape index (κ1) is 17.3. The first-order valence-corrected chi connectivity index (χ1v) is 7.94. The maximum atomic E-state index is 11.8. The Bertz CT molecular complexity index is 835. The summed E-state index contributed by atoms with van der Waals surface area (Å²) in [6, 6.07) is 13.8. The molecule has 0 spiro atoms. The maximum absolute atomic E-state index is 11.8. The van der Waals surface area contributed by atoms with E-state index in [-0.39, 0.29) is 12.6 Å². The van der Waals surface area contributed by atoms with Crippen LogP contribution in [0.1, 0.15) is 0 Å². The van der Waals surface area contributed by atoms with Crippen molar-refractivity contribution in [1.82, 2.24) is 15.5 Å². The fourth-order valence-corrected chi connectivity index (χ4v) is 2.15. The van der Waals surface area contributed by atoms with Gasteiger partial charge in [0.1, 0.15) is 18.1 Å². The van der Waals surface area contributed by atoms with Crippen molar-refractivity contribution >= 4 is 11.7 Å². The predicted molar refractivity (Wildman–Crippen MR) is 95.2 cm³/mol. The summed E-state index contributed by atoms with van der Waals surface area (Å²) in [5, 5.41) is 13.4. The Labute approximate surface area is 150 Å². The molecular formula is C18H18N4O4. The number of carbonyl (C=O) groups is 1. The fourth-order valence-electron chi connectivity index (χ4n) is 2.15. The summed E-state index contributed by atoms with van der Waals surface area (Å²) in [6.45, 7) is 0.581. The minimum atomic E-state index is -0.332. The Balaban J connectivity index is 1.40. The monoisotopic (exact) mass is 354 g/mol. The molecule has 8 nitrogen and oxygen atoms in total. The molecule has 0 bridgehead atoms. The van der Waals surface area contributed by atoms with E-state index in [0.29, 0.717) is 35.3 Å². The van der Waals surface area contributed by atoms with Crippen molar-refractivity contribution in [3.05, 3.63) is 54.8 Å². The zero-order chi connectivity index (χ0) is 18.2. The molecule has 0 unspecified atom stereocenters. The van der Waals surface area contributed by atoms with Crippen molar-refractivity contribution < 1.29 is 18.7 Å². The first-order chi connectivity index (χ1) is 12.7. The molecule has 0 saturated heterocycles. The summed E-state index contributed by atoms with van der Waals surface area (Å²) >= 11 is 0. The SMILES string of the molecule is COc1cccc(NC(=O)NCCOc2ccc(-c3ccco3)nn2)c1. The second-order valence-electron chi connectivity index (χ2n) is 5.20. The van der Waals surface area contributed by atoms with Crippen LogP contribution >= 0.6 is 0 Å². The van der Waals surface area contributed by atoms with E-state index in [4.69, 9.17) is 13.9 Å². The second kappa shape index (κ2) is 8.52. The van der Waals surface area contributed by atoms with Crippen LogP contribution in [0.4, 0.5) is 10.5 Å². The van der Waals surface area contributed by atoms with Crippen molar-refractivity contribution in [1.29, 1.82) is 0 Å². The number of furan rings is 1. The Kier molecular flexibility index (Phi) is 5.66. The van der Waals surface area contributed by atoms with Crippen molar-refractivity contribution in [3.63, 3.8) is 0 Å². The first-order valence-electron chi connectivity index (χ1n) is 7.94. The van der Waals surface area contributed by atoms with Crippen LogP contribution in [-0.4, -0.2) is 36.5 Å². The molecule has 1 aromatic carbocycles. The van der Waals surface area contributed by atoms with Crippen molar-refractivity contribution in [3.8, 4) is 23.1 Å². The highest BCUT2D eigenvalue weighted by Crippen LogP contribution is 2.18. The van der Waals surface area contributed by atoms with Crippen molar-refractivity contribution in [2.45, 2.75) is 0 Å². The summed E-state index contributed by atoms with van der Waals surface area (Å²) < 4.78 is 15.8. The largest absolute Gasteiger partial charge is 0.497 e. The third kappa shape index (κ3) is 4.73. The number of hydrogen-bond donors (Lipinski definition) is 2. The van der Waals surface area contributed by atoms with Crippen LogP contribution in [0.3, 0.4) is 0 Å².